The average Bonchev–Trinajstić information content (AvgIpc) is 2.51. The summed E-state index contributed by atoms with van der Waals surface area (Å²) in [6, 6.07) is 4.42. The molecule has 0 radical (unpaired) electrons. The molecule has 0 aliphatic rings. The Balaban J connectivity index is 2.90. The number of H-pyrrole nitrogens is 1. The van der Waals surface area contributed by atoms with Crippen molar-refractivity contribution in [3.63, 3.8) is 0 Å². The van der Waals surface area contributed by atoms with Crippen molar-refractivity contribution in [1.82, 2.24) is 4.98 Å². The number of benzene rings is 1. The predicted molar refractivity (Wildman–Crippen MR) is 57.1 cm³/mol. The van der Waals surface area contributed by atoms with Crippen LogP contribution in [0.4, 0.5) is 0 Å². The maximum absolute atomic E-state index is 3.57. The van der Waals surface area contributed by atoms with E-state index in [1.54, 1.807) is 0 Å². The van der Waals surface area contributed by atoms with E-state index in [0.29, 0.717) is 0 Å². The summed E-state index contributed by atoms with van der Waals surface area (Å²) in [7, 11) is 0. The Morgan fingerprint density at radius 1 is 1.07 bits per heavy atom. The van der Waals surface area contributed by atoms with E-state index in [4.69, 9.17) is 0 Å². The fraction of sp³-hybridized carbons (Fsp3) is 0.333. The molecule has 0 atom stereocenters. The molecule has 1 nitrogen and oxygen atoms in total. The Morgan fingerprint density at radius 3 is 2.29 bits per heavy atom. The van der Waals surface area contributed by atoms with Crippen LogP contribution in [0.1, 0.15) is 16.7 Å². The molecule has 1 heterocycles. The number of fused-ring (bicyclic) bond motifs is 1. The topological polar surface area (TPSA) is 15.8 Å². The van der Waals surface area contributed by atoms with Gasteiger partial charge in [0.2, 0.25) is 0 Å². The predicted octanol–water partition coefficient (Wildman–Crippen LogP) is -0.0184. The van der Waals surface area contributed by atoms with Gasteiger partial charge in [-0.3, -0.25) is 0 Å². The van der Waals surface area contributed by atoms with E-state index >= 15 is 0 Å². The standard InChI is InChI=1S/C12H15IN/c1-7-5-6-8(2)11-10(7)9(3)12(13-4)14-11/h5-6,14H,1-4H3/q-1. The summed E-state index contributed by atoms with van der Waals surface area (Å²) in [5, 5.41) is 1.45. The summed E-state index contributed by atoms with van der Waals surface area (Å²) in [5.74, 6) is 0. The van der Waals surface area contributed by atoms with Gasteiger partial charge in [0.15, 0.2) is 0 Å². The Kier molecular flexibility index (Phi) is 2.56. The van der Waals surface area contributed by atoms with Gasteiger partial charge in [0.1, 0.15) is 0 Å². The Bertz CT molecular complexity index is 483. The van der Waals surface area contributed by atoms with Crippen LogP contribution in [0, 0.1) is 24.5 Å². The summed E-state index contributed by atoms with van der Waals surface area (Å²) in [6.45, 7) is 6.61. The first-order chi connectivity index (χ1) is 6.65. The molecule has 0 unspecified atom stereocenters. The second kappa shape index (κ2) is 3.57. The number of halogens is 1. The van der Waals surface area contributed by atoms with Crippen LogP contribution in [0.2, 0.25) is 0 Å². The van der Waals surface area contributed by atoms with Crippen LogP contribution >= 0.6 is 0 Å². The number of alkyl halides is 1. The fourth-order valence-corrected chi connectivity index (χ4v) is 3.58. The van der Waals surface area contributed by atoms with Crippen LogP contribution in [-0.2, 0) is 0 Å². The quantitative estimate of drug-likeness (QED) is 0.563. The molecule has 0 spiro atoms. The van der Waals surface area contributed by atoms with Crippen LogP contribution < -0.4 is 21.2 Å². The molecule has 76 valence electrons. The van der Waals surface area contributed by atoms with Gasteiger partial charge in [-0.15, -0.1) is 0 Å². The maximum atomic E-state index is 3.57. The first-order valence-corrected chi connectivity index (χ1v) is 7.96. The van der Waals surface area contributed by atoms with Gasteiger partial charge in [0.05, 0.1) is 0 Å². The minimum absolute atomic E-state index is 0.158. The van der Waals surface area contributed by atoms with Crippen LogP contribution in [0.3, 0.4) is 0 Å². The zero-order valence-corrected chi connectivity index (χ0v) is 11.2. The molecule has 2 rings (SSSR count). The number of hydrogen-bond donors (Lipinski definition) is 1. The average molecular weight is 300 g/mol. The third kappa shape index (κ3) is 1.36. The first-order valence-electron chi connectivity index (χ1n) is 4.73. The molecule has 0 amide bonds. The van der Waals surface area contributed by atoms with Crippen molar-refractivity contribution in [3.05, 3.63) is 32.5 Å². The zero-order chi connectivity index (χ0) is 10.3. The first kappa shape index (κ1) is 10.0. The number of aryl methyl sites for hydroxylation is 3. The fourth-order valence-electron chi connectivity index (χ4n) is 1.96. The normalized spacial score (nSPS) is 11.4. The van der Waals surface area contributed by atoms with Crippen molar-refractivity contribution < 1.29 is 21.2 Å². The van der Waals surface area contributed by atoms with Gasteiger partial charge in [-0.2, -0.15) is 0 Å². The van der Waals surface area contributed by atoms with Crippen molar-refractivity contribution in [2.45, 2.75) is 20.8 Å². The van der Waals surface area contributed by atoms with Gasteiger partial charge >= 0.3 is 95.3 Å². The van der Waals surface area contributed by atoms with E-state index < -0.39 is 0 Å². The molecule has 14 heavy (non-hydrogen) atoms. The Labute approximate surface area is 95.2 Å². The number of nitrogens with one attached hydrogen (secondary N) is 1. The SMILES string of the molecule is C[I-]c1[nH]c2c(C)ccc(C)c2c1C. The van der Waals surface area contributed by atoms with Gasteiger partial charge in [0, 0.05) is 0 Å². The number of hydrogen-bond acceptors (Lipinski definition) is 0. The molecule has 1 aromatic heterocycles. The molecule has 0 saturated heterocycles. The molecular weight excluding hydrogens is 285 g/mol. The van der Waals surface area contributed by atoms with Crippen LogP contribution in [0.25, 0.3) is 10.9 Å². The minimum atomic E-state index is 0.158. The van der Waals surface area contributed by atoms with E-state index in [2.05, 4.69) is 42.8 Å². The molecule has 0 fully saturated rings. The van der Waals surface area contributed by atoms with E-state index in [1.165, 1.54) is 31.3 Å². The van der Waals surface area contributed by atoms with Gasteiger partial charge in [-0.1, -0.05) is 0 Å². The Hall–Kier alpha value is -0.510. The van der Waals surface area contributed by atoms with Gasteiger partial charge in [-0.05, 0) is 0 Å². The van der Waals surface area contributed by atoms with Crippen LogP contribution in [0.5, 0.6) is 0 Å². The second-order valence-electron chi connectivity index (χ2n) is 3.70. The summed E-state index contributed by atoms with van der Waals surface area (Å²) in [4.78, 5) is 5.88. The summed E-state index contributed by atoms with van der Waals surface area (Å²) >= 11 is 0.158. The van der Waals surface area contributed by atoms with Crippen LogP contribution in [-0.4, -0.2) is 9.91 Å². The van der Waals surface area contributed by atoms with Gasteiger partial charge in [0.25, 0.3) is 0 Å². The van der Waals surface area contributed by atoms with Gasteiger partial charge < -0.3 is 0 Å². The molecule has 0 bridgehead atoms. The molecule has 0 saturated carbocycles. The number of aromatic amines is 1. The van der Waals surface area contributed by atoms with Crippen molar-refractivity contribution in [2.75, 3.05) is 4.93 Å². The summed E-state index contributed by atoms with van der Waals surface area (Å²) in [5.41, 5.74) is 5.57. The molecule has 2 aromatic rings. The number of aromatic nitrogens is 1. The monoisotopic (exact) mass is 300 g/mol. The van der Waals surface area contributed by atoms with E-state index in [0.717, 1.165) is 0 Å². The van der Waals surface area contributed by atoms with E-state index in [1.807, 2.05) is 0 Å². The molecule has 0 aliphatic carbocycles. The number of rotatable bonds is 1. The molecule has 2 heteroatoms. The Morgan fingerprint density at radius 2 is 1.71 bits per heavy atom. The summed E-state index contributed by atoms with van der Waals surface area (Å²) < 4.78 is 1.48. The zero-order valence-electron chi connectivity index (χ0n) is 9.03. The molecule has 0 aliphatic heterocycles. The van der Waals surface area contributed by atoms with E-state index in [9.17, 15) is 0 Å². The van der Waals surface area contributed by atoms with Crippen LogP contribution in [0.15, 0.2) is 12.1 Å². The third-order valence-electron chi connectivity index (χ3n) is 2.75. The molecule has 1 aromatic carbocycles. The van der Waals surface area contributed by atoms with E-state index in [-0.39, 0.29) is 21.2 Å². The summed E-state index contributed by atoms with van der Waals surface area (Å²) in [6.07, 6.45) is 0. The third-order valence-corrected chi connectivity index (χ3v) is 4.91. The molecule has 1 N–H and O–H groups in total. The molecular formula is C12H15IN-. The van der Waals surface area contributed by atoms with Gasteiger partial charge in [-0.25, -0.2) is 0 Å². The van der Waals surface area contributed by atoms with Crippen molar-refractivity contribution in [1.29, 1.82) is 0 Å². The second-order valence-corrected chi connectivity index (χ2v) is 5.86. The van der Waals surface area contributed by atoms with Crippen molar-refractivity contribution >= 4 is 10.9 Å². The van der Waals surface area contributed by atoms with Crippen molar-refractivity contribution in [3.8, 4) is 0 Å². The van der Waals surface area contributed by atoms with Crippen molar-refractivity contribution in [2.24, 2.45) is 0 Å².